The third kappa shape index (κ3) is 2.84. The van der Waals surface area contributed by atoms with Crippen molar-refractivity contribution in [3.8, 4) is 0 Å². The Balaban J connectivity index is 1.96. The average molecular weight is 243 g/mol. The van der Waals surface area contributed by atoms with E-state index in [1.807, 2.05) is 19.2 Å². The summed E-state index contributed by atoms with van der Waals surface area (Å²) in [6, 6.07) is 3.66. The maximum absolute atomic E-state index is 6.04. The number of halogens is 1. The third-order valence-corrected chi connectivity index (χ3v) is 2.86. The van der Waals surface area contributed by atoms with Gasteiger partial charge in [0, 0.05) is 13.7 Å². The summed E-state index contributed by atoms with van der Waals surface area (Å²) >= 11 is 6.04. The minimum Gasteiger partial charge on any atom is -0.379 e. The molecule has 0 radical (unpaired) electrons. The van der Waals surface area contributed by atoms with E-state index in [9.17, 15) is 0 Å². The molecule has 0 aliphatic carbocycles. The van der Waals surface area contributed by atoms with Crippen LogP contribution >= 0.6 is 11.6 Å². The zero-order valence-electron chi connectivity index (χ0n) is 9.20. The van der Waals surface area contributed by atoms with Crippen molar-refractivity contribution < 1.29 is 9.47 Å². The second kappa shape index (κ2) is 5.48. The van der Waals surface area contributed by atoms with Gasteiger partial charge in [0.2, 0.25) is 0 Å². The van der Waals surface area contributed by atoms with Gasteiger partial charge in [0.15, 0.2) is 0 Å². The molecule has 0 spiro atoms. The Morgan fingerprint density at radius 3 is 3.19 bits per heavy atom. The van der Waals surface area contributed by atoms with Crippen molar-refractivity contribution in [3.05, 3.63) is 22.8 Å². The zero-order valence-corrected chi connectivity index (χ0v) is 9.96. The van der Waals surface area contributed by atoms with Gasteiger partial charge in [0.05, 0.1) is 30.0 Å². The molecule has 5 heteroatoms. The molecule has 4 nitrogen and oxygen atoms in total. The van der Waals surface area contributed by atoms with Gasteiger partial charge in [-0.3, -0.25) is 0 Å². The lowest BCUT2D eigenvalue weighted by Crippen LogP contribution is -2.13. The maximum Gasteiger partial charge on any atom is 0.126 e. The summed E-state index contributed by atoms with van der Waals surface area (Å²) in [5, 5.41) is 3.61. The third-order valence-electron chi connectivity index (χ3n) is 2.52. The van der Waals surface area contributed by atoms with Crippen LogP contribution in [0, 0.1) is 0 Å². The van der Waals surface area contributed by atoms with E-state index < -0.39 is 0 Å². The molecular formula is C11H15ClN2O2. The van der Waals surface area contributed by atoms with E-state index in [1.54, 1.807) is 0 Å². The van der Waals surface area contributed by atoms with Gasteiger partial charge in [0.25, 0.3) is 0 Å². The summed E-state index contributed by atoms with van der Waals surface area (Å²) in [7, 11) is 1.83. The molecule has 1 saturated heterocycles. The summed E-state index contributed by atoms with van der Waals surface area (Å²) in [4.78, 5) is 4.34. The Morgan fingerprint density at radius 1 is 1.62 bits per heavy atom. The molecule has 1 aromatic rings. The summed E-state index contributed by atoms with van der Waals surface area (Å²) in [5.74, 6) is 0.797. The molecule has 1 fully saturated rings. The number of nitrogens with zero attached hydrogens (tertiary/aromatic N) is 1. The number of aromatic nitrogens is 1. The lowest BCUT2D eigenvalue weighted by molar-refractivity contribution is 0.0302. The molecule has 0 aromatic carbocycles. The van der Waals surface area contributed by atoms with Crippen LogP contribution in [0.4, 0.5) is 5.82 Å². The fraction of sp³-hybridized carbons (Fsp3) is 0.545. The Kier molecular flexibility index (Phi) is 3.98. The fourth-order valence-electron chi connectivity index (χ4n) is 1.57. The van der Waals surface area contributed by atoms with Crippen molar-refractivity contribution in [2.24, 2.45) is 0 Å². The maximum atomic E-state index is 6.04. The van der Waals surface area contributed by atoms with E-state index in [-0.39, 0.29) is 6.10 Å². The molecule has 0 bridgehead atoms. The summed E-state index contributed by atoms with van der Waals surface area (Å²) in [5.41, 5.74) is 0.764. The van der Waals surface area contributed by atoms with Gasteiger partial charge in [-0.2, -0.15) is 0 Å². The molecule has 1 aliphatic rings. The second-order valence-corrected chi connectivity index (χ2v) is 4.08. The summed E-state index contributed by atoms with van der Waals surface area (Å²) in [6.45, 7) is 1.88. The van der Waals surface area contributed by atoms with Crippen LogP contribution in [0.5, 0.6) is 0 Å². The Bertz CT molecular complexity index is 354. The van der Waals surface area contributed by atoms with Crippen LogP contribution in [0.1, 0.15) is 12.1 Å². The predicted octanol–water partition coefficient (Wildman–Crippen LogP) is 2.08. The highest BCUT2D eigenvalue weighted by atomic mass is 35.5. The molecule has 0 amide bonds. The first kappa shape index (κ1) is 11.6. The first-order chi connectivity index (χ1) is 7.79. The van der Waals surface area contributed by atoms with E-state index in [2.05, 4.69) is 10.3 Å². The summed E-state index contributed by atoms with van der Waals surface area (Å²) < 4.78 is 10.9. The topological polar surface area (TPSA) is 43.4 Å². The van der Waals surface area contributed by atoms with Gasteiger partial charge < -0.3 is 14.8 Å². The quantitative estimate of drug-likeness (QED) is 0.878. The van der Waals surface area contributed by atoms with Gasteiger partial charge in [-0.15, -0.1) is 0 Å². The number of anilines is 1. The number of hydrogen-bond acceptors (Lipinski definition) is 4. The van der Waals surface area contributed by atoms with E-state index in [0.717, 1.165) is 24.5 Å². The monoisotopic (exact) mass is 242 g/mol. The predicted molar refractivity (Wildman–Crippen MR) is 62.8 cm³/mol. The van der Waals surface area contributed by atoms with Gasteiger partial charge in [-0.05, 0) is 18.6 Å². The van der Waals surface area contributed by atoms with Crippen LogP contribution in [0.15, 0.2) is 12.1 Å². The molecule has 1 N–H and O–H groups in total. The van der Waals surface area contributed by atoms with Crippen LogP contribution in [0.2, 0.25) is 5.02 Å². The molecule has 88 valence electrons. The Morgan fingerprint density at radius 2 is 2.50 bits per heavy atom. The number of nitrogens with one attached hydrogen (secondary N) is 1. The smallest absolute Gasteiger partial charge is 0.126 e. The number of ether oxygens (including phenoxy) is 2. The lowest BCUT2D eigenvalue weighted by Gasteiger charge is -2.11. The van der Waals surface area contributed by atoms with E-state index in [4.69, 9.17) is 21.1 Å². The highest BCUT2D eigenvalue weighted by Gasteiger charge is 2.16. The van der Waals surface area contributed by atoms with Gasteiger partial charge in [0.1, 0.15) is 5.82 Å². The van der Waals surface area contributed by atoms with Crippen LogP contribution in [-0.2, 0) is 16.1 Å². The highest BCUT2D eigenvalue weighted by Crippen LogP contribution is 2.19. The lowest BCUT2D eigenvalue weighted by atomic mass is 10.3. The van der Waals surface area contributed by atoms with Crippen LogP contribution in [-0.4, -0.2) is 31.3 Å². The molecule has 1 aliphatic heterocycles. The molecule has 1 unspecified atom stereocenters. The molecular weight excluding hydrogens is 228 g/mol. The Labute approximate surface area is 99.9 Å². The fourth-order valence-corrected chi connectivity index (χ4v) is 1.73. The molecule has 0 saturated carbocycles. The van der Waals surface area contributed by atoms with Crippen molar-refractivity contribution in [3.63, 3.8) is 0 Å². The van der Waals surface area contributed by atoms with Crippen LogP contribution in [0.25, 0.3) is 0 Å². The largest absolute Gasteiger partial charge is 0.379 e. The van der Waals surface area contributed by atoms with Crippen molar-refractivity contribution in [1.82, 2.24) is 4.98 Å². The first-order valence-electron chi connectivity index (χ1n) is 5.32. The normalized spacial score (nSPS) is 20.0. The van der Waals surface area contributed by atoms with Crippen LogP contribution < -0.4 is 5.32 Å². The average Bonchev–Trinajstić information content (AvgIpc) is 2.81. The first-order valence-corrected chi connectivity index (χ1v) is 5.70. The number of hydrogen-bond donors (Lipinski definition) is 1. The van der Waals surface area contributed by atoms with Crippen molar-refractivity contribution in [2.75, 3.05) is 25.6 Å². The van der Waals surface area contributed by atoms with Gasteiger partial charge in [-0.25, -0.2) is 4.98 Å². The summed E-state index contributed by atoms with van der Waals surface area (Å²) in [6.07, 6.45) is 1.12. The zero-order chi connectivity index (χ0) is 11.4. The van der Waals surface area contributed by atoms with E-state index >= 15 is 0 Å². The van der Waals surface area contributed by atoms with E-state index in [0.29, 0.717) is 18.2 Å². The molecule has 2 rings (SSSR count). The molecule has 2 heterocycles. The number of pyridine rings is 1. The minimum atomic E-state index is 0.177. The Hall–Kier alpha value is -0.840. The van der Waals surface area contributed by atoms with Gasteiger partial charge >= 0.3 is 0 Å². The number of rotatable bonds is 4. The minimum absolute atomic E-state index is 0.177. The van der Waals surface area contributed by atoms with E-state index in [1.165, 1.54) is 0 Å². The molecule has 1 aromatic heterocycles. The van der Waals surface area contributed by atoms with Crippen molar-refractivity contribution >= 4 is 17.4 Å². The second-order valence-electron chi connectivity index (χ2n) is 3.67. The molecule has 16 heavy (non-hydrogen) atoms. The van der Waals surface area contributed by atoms with Crippen molar-refractivity contribution in [1.29, 1.82) is 0 Å². The van der Waals surface area contributed by atoms with Crippen molar-refractivity contribution in [2.45, 2.75) is 19.1 Å². The highest BCUT2D eigenvalue weighted by molar-refractivity contribution is 6.31. The van der Waals surface area contributed by atoms with Crippen LogP contribution in [0.3, 0.4) is 0 Å². The SMILES string of the molecule is CNc1ccc(Cl)c(COC2CCOC2)n1. The molecule has 1 atom stereocenters. The van der Waals surface area contributed by atoms with Gasteiger partial charge in [-0.1, -0.05) is 11.6 Å². The standard InChI is InChI=1S/C11H15ClN2O2/c1-13-11-3-2-9(12)10(14-11)7-16-8-4-5-15-6-8/h2-3,8H,4-7H2,1H3,(H,13,14).